The first-order chi connectivity index (χ1) is 13.3. The zero-order chi connectivity index (χ0) is 20.7. The van der Waals surface area contributed by atoms with Crippen molar-refractivity contribution in [2.45, 2.75) is 39.7 Å². The number of nitrogens with one attached hydrogen (secondary N) is 1. The lowest BCUT2D eigenvalue weighted by molar-refractivity contribution is 0.0924. The van der Waals surface area contributed by atoms with Gasteiger partial charge in [0, 0.05) is 23.7 Å². The van der Waals surface area contributed by atoms with E-state index >= 15 is 0 Å². The molecule has 1 amide bonds. The average Bonchev–Trinajstić information content (AvgIpc) is 2.66. The summed E-state index contributed by atoms with van der Waals surface area (Å²) in [6, 6.07) is 14.1. The van der Waals surface area contributed by atoms with Crippen LogP contribution in [0.1, 0.15) is 43.1 Å². The maximum Gasteiger partial charge on any atom is 0.251 e. The Labute approximate surface area is 169 Å². The second-order valence-corrected chi connectivity index (χ2v) is 7.99. The molecule has 0 heterocycles. The fourth-order valence-electron chi connectivity index (χ4n) is 3.62. The number of amides is 1. The first kappa shape index (κ1) is 22.0. The van der Waals surface area contributed by atoms with Gasteiger partial charge in [-0.25, -0.2) is 0 Å². The molecule has 0 saturated heterocycles. The lowest BCUT2D eigenvalue weighted by Crippen LogP contribution is -2.42. The molecule has 152 valence electrons. The fraction of sp³-hybridized carbons (Fsp3) is 0.458. The summed E-state index contributed by atoms with van der Waals surface area (Å²) in [7, 11) is 5.77. The number of benzene rings is 2. The Balaban J connectivity index is 2.28. The number of carbonyl (C=O) groups is 1. The number of methoxy groups -OCH3 is 1. The van der Waals surface area contributed by atoms with Gasteiger partial charge in [0.1, 0.15) is 5.75 Å². The number of ether oxygens (including phenoxy) is 1. The number of hydrogen-bond donors (Lipinski definition) is 1. The van der Waals surface area contributed by atoms with Crippen LogP contribution in [0.2, 0.25) is 0 Å². The summed E-state index contributed by atoms with van der Waals surface area (Å²) in [6.07, 6.45) is 1.86. The van der Waals surface area contributed by atoms with Gasteiger partial charge >= 0.3 is 0 Å². The molecular weight excluding hydrogens is 348 g/mol. The third-order valence-corrected chi connectivity index (χ3v) is 4.79. The molecule has 4 nitrogen and oxygen atoms in total. The van der Waals surface area contributed by atoms with Crippen LogP contribution in [0.4, 0.5) is 0 Å². The minimum absolute atomic E-state index is 0.0278. The highest BCUT2D eigenvalue weighted by Gasteiger charge is 2.17. The highest BCUT2D eigenvalue weighted by molar-refractivity contribution is 5.96. The number of hydrogen-bond acceptors (Lipinski definition) is 3. The van der Waals surface area contributed by atoms with Crippen molar-refractivity contribution >= 4 is 5.91 Å². The summed E-state index contributed by atoms with van der Waals surface area (Å²) in [5.74, 6) is 1.38. The van der Waals surface area contributed by atoms with Crippen LogP contribution in [0.15, 0.2) is 42.5 Å². The minimum Gasteiger partial charge on any atom is -0.496 e. The molecule has 2 aromatic carbocycles. The van der Waals surface area contributed by atoms with Crippen molar-refractivity contribution in [3.63, 3.8) is 0 Å². The van der Waals surface area contributed by atoms with Gasteiger partial charge in [0.25, 0.3) is 5.91 Å². The number of aryl methyl sites for hydroxylation is 1. The van der Waals surface area contributed by atoms with E-state index in [-0.39, 0.29) is 11.9 Å². The quantitative estimate of drug-likeness (QED) is 0.687. The van der Waals surface area contributed by atoms with Crippen LogP contribution in [0.25, 0.3) is 11.1 Å². The summed E-state index contributed by atoms with van der Waals surface area (Å²) in [5.41, 5.74) is 3.85. The van der Waals surface area contributed by atoms with E-state index < -0.39 is 0 Å². The summed E-state index contributed by atoms with van der Waals surface area (Å²) in [4.78, 5) is 15.0. The third kappa shape index (κ3) is 5.83. The van der Waals surface area contributed by atoms with Gasteiger partial charge in [0.2, 0.25) is 0 Å². The Morgan fingerprint density at radius 1 is 1.14 bits per heavy atom. The number of likely N-dealkylation sites (N-methyl/N-ethyl adjacent to an activating group) is 1. The van der Waals surface area contributed by atoms with E-state index in [1.165, 1.54) is 0 Å². The topological polar surface area (TPSA) is 41.6 Å². The van der Waals surface area contributed by atoms with Crippen molar-refractivity contribution in [1.82, 2.24) is 10.2 Å². The summed E-state index contributed by atoms with van der Waals surface area (Å²) >= 11 is 0. The van der Waals surface area contributed by atoms with Crippen LogP contribution >= 0.6 is 0 Å². The maximum absolute atomic E-state index is 12.9. The Morgan fingerprint density at radius 3 is 2.46 bits per heavy atom. The van der Waals surface area contributed by atoms with E-state index in [0.717, 1.165) is 41.8 Å². The van der Waals surface area contributed by atoms with Crippen LogP contribution in [0.3, 0.4) is 0 Å². The Morgan fingerprint density at radius 2 is 1.86 bits per heavy atom. The predicted molar refractivity (Wildman–Crippen MR) is 117 cm³/mol. The standard InChI is InChI=1S/C24H34N2O2/c1-7-18-10-9-13-22(23(18)28-6)19-11-8-12-20(15-19)24(27)25-21(14-17(2)3)16-26(4)5/h8-13,15,17,21H,7,14,16H2,1-6H3,(H,25,27)/t21-/m1/s1. The van der Waals surface area contributed by atoms with Crippen LogP contribution in [0.5, 0.6) is 5.75 Å². The van der Waals surface area contributed by atoms with Crippen molar-refractivity contribution in [1.29, 1.82) is 0 Å². The lowest BCUT2D eigenvalue weighted by Gasteiger charge is -2.24. The van der Waals surface area contributed by atoms with Gasteiger partial charge < -0.3 is 15.0 Å². The molecule has 0 fully saturated rings. The van der Waals surface area contributed by atoms with Crippen molar-refractivity contribution in [2.75, 3.05) is 27.7 Å². The molecule has 0 bridgehead atoms. The van der Waals surface area contributed by atoms with E-state index in [0.29, 0.717) is 11.5 Å². The molecule has 1 N–H and O–H groups in total. The van der Waals surface area contributed by atoms with Crippen molar-refractivity contribution in [3.8, 4) is 16.9 Å². The van der Waals surface area contributed by atoms with Crippen molar-refractivity contribution < 1.29 is 9.53 Å². The van der Waals surface area contributed by atoms with Gasteiger partial charge in [0.05, 0.1) is 7.11 Å². The monoisotopic (exact) mass is 382 g/mol. The molecule has 1 atom stereocenters. The van der Waals surface area contributed by atoms with Gasteiger partial charge in [-0.2, -0.15) is 0 Å². The van der Waals surface area contributed by atoms with Crippen molar-refractivity contribution in [2.24, 2.45) is 5.92 Å². The van der Waals surface area contributed by atoms with Crippen LogP contribution in [-0.2, 0) is 6.42 Å². The molecule has 0 radical (unpaired) electrons. The molecule has 0 unspecified atom stereocenters. The van der Waals surface area contributed by atoms with E-state index in [2.05, 4.69) is 37.1 Å². The molecule has 2 rings (SSSR count). The smallest absolute Gasteiger partial charge is 0.251 e. The van der Waals surface area contributed by atoms with E-state index in [4.69, 9.17) is 4.74 Å². The first-order valence-electron chi connectivity index (χ1n) is 10.1. The molecule has 0 saturated carbocycles. The third-order valence-electron chi connectivity index (χ3n) is 4.79. The van der Waals surface area contributed by atoms with E-state index in [9.17, 15) is 4.79 Å². The first-order valence-corrected chi connectivity index (χ1v) is 10.1. The molecular formula is C24H34N2O2. The fourth-order valence-corrected chi connectivity index (χ4v) is 3.62. The second kappa shape index (κ2) is 10.3. The number of rotatable bonds is 9. The Hall–Kier alpha value is -2.33. The summed E-state index contributed by atoms with van der Waals surface area (Å²) in [5, 5.41) is 3.21. The highest BCUT2D eigenvalue weighted by atomic mass is 16.5. The zero-order valence-corrected chi connectivity index (χ0v) is 18.1. The SMILES string of the molecule is CCc1cccc(-c2cccc(C(=O)N[C@H](CC(C)C)CN(C)C)c2)c1OC. The van der Waals surface area contributed by atoms with Crippen LogP contribution in [-0.4, -0.2) is 44.6 Å². The number of para-hydroxylation sites is 1. The number of carbonyl (C=O) groups excluding carboxylic acids is 1. The van der Waals surface area contributed by atoms with Crippen LogP contribution < -0.4 is 10.1 Å². The van der Waals surface area contributed by atoms with E-state index in [1.807, 2.05) is 50.5 Å². The molecule has 2 aromatic rings. The van der Waals surface area contributed by atoms with Gasteiger partial charge in [-0.3, -0.25) is 4.79 Å². The van der Waals surface area contributed by atoms with E-state index in [1.54, 1.807) is 7.11 Å². The number of nitrogens with zero attached hydrogens (tertiary/aromatic N) is 1. The molecule has 0 aliphatic carbocycles. The molecule has 4 heteroatoms. The second-order valence-electron chi connectivity index (χ2n) is 7.99. The molecule has 0 aliphatic rings. The van der Waals surface area contributed by atoms with Crippen molar-refractivity contribution in [3.05, 3.63) is 53.6 Å². The Bertz CT molecular complexity index is 774. The highest BCUT2D eigenvalue weighted by Crippen LogP contribution is 2.33. The average molecular weight is 383 g/mol. The largest absolute Gasteiger partial charge is 0.496 e. The predicted octanol–water partition coefficient (Wildman–Crippen LogP) is 4.63. The summed E-state index contributed by atoms with van der Waals surface area (Å²) in [6.45, 7) is 7.31. The van der Waals surface area contributed by atoms with Gasteiger partial charge in [-0.05, 0) is 56.1 Å². The lowest BCUT2D eigenvalue weighted by atomic mass is 9.98. The normalized spacial score (nSPS) is 12.3. The molecule has 0 aliphatic heterocycles. The summed E-state index contributed by atoms with van der Waals surface area (Å²) < 4.78 is 5.67. The maximum atomic E-state index is 12.9. The zero-order valence-electron chi connectivity index (χ0n) is 18.1. The van der Waals surface area contributed by atoms with Gasteiger partial charge in [0.15, 0.2) is 0 Å². The van der Waals surface area contributed by atoms with Gasteiger partial charge in [-0.15, -0.1) is 0 Å². The van der Waals surface area contributed by atoms with Crippen LogP contribution in [0, 0.1) is 5.92 Å². The van der Waals surface area contributed by atoms with Gasteiger partial charge in [-0.1, -0.05) is 51.1 Å². The minimum atomic E-state index is -0.0278. The molecule has 0 spiro atoms. The molecule has 28 heavy (non-hydrogen) atoms. The Kier molecular flexibility index (Phi) is 8.06. The molecule has 0 aromatic heterocycles.